The van der Waals surface area contributed by atoms with Crippen molar-refractivity contribution in [2.45, 2.75) is 25.1 Å². The third-order valence-electron chi connectivity index (χ3n) is 5.99. The first-order valence-electron chi connectivity index (χ1n) is 11.3. The van der Waals surface area contributed by atoms with Crippen molar-refractivity contribution in [3.63, 3.8) is 0 Å². The molecule has 4 rings (SSSR count). The second kappa shape index (κ2) is 10.4. The van der Waals surface area contributed by atoms with Gasteiger partial charge in [-0.1, -0.05) is 48.0 Å². The molecule has 1 atom stereocenters. The average Bonchev–Trinajstić information content (AvgIpc) is 2.98. The number of aryl methyl sites for hydroxylation is 1. The van der Waals surface area contributed by atoms with E-state index in [2.05, 4.69) is 15.0 Å². The Balaban J connectivity index is 1.67. The summed E-state index contributed by atoms with van der Waals surface area (Å²) in [6.45, 7) is 2.74. The van der Waals surface area contributed by atoms with Gasteiger partial charge >= 0.3 is 0 Å². The number of nitrogens with one attached hydrogen (secondary N) is 3. The quantitative estimate of drug-likeness (QED) is 0.312. The number of sulfonamides is 1. The Labute approximate surface area is 204 Å². The van der Waals surface area contributed by atoms with E-state index in [0.29, 0.717) is 33.8 Å². The van der Waals surface area contributed by atoms with E-state index in [4.69, 9.17) is 5.41 Å². The Morgan fingerprint density at radius 1 is 1.00 bits per heavy atom. The standard InChI is InChI=1S/C27H28N4O3S/c1-18-3-5-19(6-4-18)14-31-35(33,34)17-20-7-8-21-9-10-26-25(27(32)24(21)11-20)12-22(16-30-26)23(13-28)15-29-2/h3-13,16,23,28-29,31H,14-15,17H2,1-2H3. The van der Waals surface area contributed by atoms with Crippen molar-refractivity contribution in [2.24, 2.45) is 0 Å². The van der Waals surface area contributed by atoms with Crippen molar-refractivity contribution < 1.29 is 8.42 Å². The number of fused-ring (bicyclic) bond motifs is 2. The molecule has 1 heterocycles. The van der Waals surface area contributed by atoms with Gasteiger partial charge in [0.05, 0.1) is 11.3 Å². The zero-order chi connectivity index (χ0) is 25.0. The fraction of sp³-hybridized carbons (Fsp3) is 0.222. The number of likely N-dealkylation sites (N-methyl/N-ethyl adjacent to an activating group) is 1. The molecule has 3 aromatic carbocycles. The molecule has 0 aliphatic heterocycles. The van der Waals surface area contributed by atoms with Gasteiger partial charge in [0.15, 0.2) is 5.43 Å². The second-order valence-electron chi connectivity index (χ2n) is 8.68. The SMILES string of the molecule is CNCC(C=N)c1cnc2ccc3ccc(CS(=O)(=O)NCc4ccc(C)cc4)cc3c(=O)c2c1. The third-order valence-corrected chi connectivity index (χ3v) is 7.29. The van der Waals surface area contributed by atoms with E-state index < -0.39 is 10.0 Å². The van der Waals surface area contributed by atoms with Gasteiger partial charge in [-0.2, -0.15) is 0 Å². The van der Waals surface area contributed by atoms with Crippen LogP contribution < -0.4 is 15.5 Å². The number of nitrogens with zero attached hydrogens (tertiary/aromatic N) is 1. The molecule has 1 aromatic heterocycles. The average molecular weight is 489 g/mol. The molecular weight excluding hydrogens is 460 g/mol. The lowest BCUT2D eigenvalue weighted by atomic mass is 10.0. The van der Waals surface area contributed by atoms with Gasteiger partial charge in [-0.3, -0.25) is 9.78 Å². The van der Waals surface area contributed by atoms with Gasteiger partial charge in [-0.15, -0.1) is 0 Å². The number of pyridine rings is 1. The van der Waals surface area contributed by atoms with Crippen molar-refractivity contribution in [1.29, 1.82) is 5.41 Å². The minimum Gasteiger partial charge on any atom is -0.319 e. The van der Waals surface area contributed by atoms with Crippen LogP contribution >= 0.6 is 0 Å². The summed E-state index contributed by atoms with van der Waals surface area (Å²) in [7, 11) is -1.80. The van der Waals surface area contributed by atoms with Crippen LogP contribution in [0.4, 0.5) is 0 Å². The minimum atomic E-state index is -3.61. The molecule has 0 saturated heterocycles. The molecule has 0 aliphatic carbocycles. The summed E-state index contributed by atoms with van der Waals surface area (Å²) in [5.41, 5.74) is 3.63. The van der Waals surface area contributed by atoms with Crippen LogP contribution in [-0.4, -0.2) is 33.2 Å². The maximum Gasteiger partial charge on any atom is 0.216 e. The predicted molar refractivity (Wildman–Crippen MR) is 142 cm³/mol. The Morgan fingerprint density at radius 2 is 1.71 bits per heavy atom. The molecule has 0 bridgehead atoms. The van der Waals surface area contributed by atoms with E-state index in [1.165, 1.54) is 6.21 Å². The summed E-state index contributed by atoms with van der Waals surface area (Å²) < 4.78 is 28.1. The molecule has 35 heavy (non-hydrogen) atoms. The van der Waals surface area contributed by atoms with Crippen LogP contribution in [0.25, 0.3) is 21.7 Å². The van der Waals surface area contributed by atoms with E-state index in [1.54, 1.807) is 36.5 Å². The number of rotatable bonds is 9. The number of aromatic nitrogens is 1. The highest BCUT2D eigenvalue weighted by atomic mass is 32.2. The lowest BCUT2D eigenvalue weighted by Crippen LogP contribution is -2.24. The minimum absolute atomic E-state index is 0.201. The van der Waals surface area contributed by atoms with Crippen molar-refractivity contribution >= 4 is 37.9 Å². The van der Waals surface area contributed by atoms with Crippen LogP contribution in [0.2, 0.25) is 0 Å². The van der Waals surface area contributed by atoms with Crippen molar-refractivity contribution in [2.75, 3.05) is 13.6 Å². The fourth-order valence-electron chi connectivity index (χ4n) is 4.02. The molecule has 0 amide bonds. The highest BCUT2D eigenvalue weighted by molar-refractivity contribution is 7.88. The molecule has 0 radical (unpaired) electrons. The van der Waals surface area contributed by atoms with Crippen LogP contribution in [0.3, 0.4) is 0 Å². The Kier molecular flexibility index (Phi) is 7.35. The summed E-state index contributed by atoms with van der Waals surface area (Å²) in [5, 5.41) is 12.3. The topological polar surface area (TPSA) is 112 Å². The number of hydrogen-bond donors (Lipinski definition) is 3. The van der Waals surface area contributed by atoms with Gasteiger partial charge in [-0.25, -0.2) is 13.1 Å². The van der Waals surface area contributed by atoms with E-state index in [0.717, 1.165) is 16.7 Å². The molecule has 7 nitrogen and oxygen atoms in total. The molecule has 0 saturated carbocycles. The summed E-state index contributed by atoms with van der Waals surface area (Å²) >= 11 is 0. The van der Waals surface area contributed by atoms with Crippen LogP contribution in [-0.2, 0) is 22.3 Å². The van der Waals surface area contributed by atoms with Crippen LogP contribution in [0.5, 0.6) is 0 Å². The smallest absolute Gasteiger partial charge is 0.216 e. The van der Waals surface area contributed by atoms with E-state index in [-0.39, 0.29) is 23.6 Å². The lowest BCUT2D eigenvalue weighted by Gasteiger charge is -2.11. The Hall–Kier alpha value is -3.46. The molecular formula is C27H28N4O3S. The van der Waals surface area contributed by atoms with Crippen molar-refractivity contribution in [3.05, 3.63) is 99.3 Å². The first kappa shape index (κ1) is 24.7. The van der Waals surface area contributed by atoms with E-state index in [1.807, 2.05) is 44.3 Å². The van der Waals surface area contributed by atoms with Crippen molar-refractivity contribution in [3.8, 4) is 0 Å². The first-order chi connectivity index (χ1) is 16.8. The number of benzene rings is 2. The van der Waals surface area contributed by atoms with Gasteiger partial charge in [0, 0.05) is 42.2 Å². The molecule has 0 aliphatic rings. The summed E-state index contributed by atoms with van der Waals surface area (Å²) in [6, 6.07) is 18.2. The Morgan fingerprint density at radius 3 is 2.43 bits per heavy atom. The first-order valence-corrected chi connectivity index (χ1v) is 13.0. The Bertz CT molecular complexity index is 1550. The number of hydrogen-bond acceptors (Lipinski definition) is 6. The molecule has 180 valence electrons. The lowest BCUT2D eigenvalue weighted by molar-refractivity contribution is 0.580. The van der Waals surface area contributed by atoms with Gasteiger partial charge in [0.1, 0.15) is 0 Å². The third kappa shape index (κ3) is 5.79. The molecule has 0 spiro atoms. The molecule has 3 N–H and O–H groups in total. The highest BCUT2D eigenvalue weighted by Crippen LogP contribution is 2.20. The van der Waals surface area contributed by atoms with E-state index in [9.17, 15) is 13.2 Å². The largest absolute Gasteiger partial charge is 0.319 e. The zero-order valence-electron chi connectivity index (χ0n) is 19.7. The van der Waals surface area contributed by atoms with Crippen LogP contribution in [0.15, 0.2) is 71.7 Å². The summed E-state index contributed by atoms with van der Waals surface area (Å²) in [4.78, 5) is 17.9. The maximum atomic E-state index is 13.5. The summed E-state index contributed by atoms with van der Waals surface area (Å²) in [5.74, 6) is -0.430. The van der Waals surface area contributed by atoms with Gasteiger partial charge in [0.2, 0.25) is 10.0 Å². The van der Waals surface area contributed by atoms with Crippen LogP contribution in [0.1, 0.15) is 28.2 Å². The monoisotopic (exact) mass is 488 g/mol. The van der Waals surface area contributed by atoms with Crippen LogP contribution in [0, 0.1) is 12.3 Å². The van der Waals surface area contributed by atoms with Crippen molar-refractivity contribution in [1.82, 2.24) is 15.0 Å². The normalized spacial score (nSPS) is 12.6. The van der Waals surface area contributed by atoms with E-state index >= 15 is 0 Å². The maximum absolute atomic E-state index is 13.5. The molecule has 4 aromatic rings. The van der Waals surface area contributed by atoms with Gasteiger partial charge in [0.25, 0.3) is 0 Å². The second-order valence-corrected chi connectivity index (χ2v) is 10.5. The van der Waals surface area contributed by atoms with Gasteiger partial charge in [-0.05, 0) is 54.2 Å². The predicted octanol–water partition coefficient (Wildman–Crippen LogP) is 3.63. The summed E-state index contributed by atoms with van der Waals surface area (Å²) in [6.07, 6.45) is 3.02. The van der Waals surface area contributed by atoms with Gasteiger partial charge < -0.3 is 10.7 Å². The zero-order valence-corrected chi connectivity index (χ0v) is 20.5. The molecule has 8 heteroatoms. The fourth-order valence-corrected chi connectivity index (χ4v) is 5.13. The molecule has 0 fully saturated rings. The highest BCUT2D eigenvalue weighted by Gasteiger charge is 2.14. The molecule has 1 unspecified atom stereocenters.